The van der Waals surface area contributed by atoms with Gasteiger partial charge in [0, 0.05) is 21.6 Å². The number of benzene rings is 2. The molecule has 2 aromatic carbocycles. The molecule has 0 fully saturated rings. The van der Waals surface area contributed by atoms with Crippen molar-refractivity contribution in [3.05, 3.63) is 56.6 Å². The van der Waals surface area contributed by atoms with Gasteiger partial charge in [-0.05, 0) is 57.9 Å². The molecule has 0 aliphatic carbocycles. The van der Waals surface area contributed by atoms with Gasteiger partial charge in [-0.2, -0.15) is 0 Å². The molecule has 2 aromatic rings. The lowest BCUT2D eigenvalue weighted by Gasteiger charge is -2.16. The standard InChI is InChI=1S/C19H22BrNO/c1-10(2)13-5-7-14(8-6-13)15-9-22-19-12(4)11(3)18(21)17(20)16(15)19/h5-8,10,15H,9,21H2,1-4H3. The van der Waals surface area contributed by atoms with Crippen molar-refractivity contribution in [3.63, 3.8) is 0 Å². The van der Waals surface area contributed by atoms with Crippen LogP contribution in [0.25, 0.3) is 0 Å². The fourth-order valence-electron chi connectivity index (χ4n) is 3.11. The first kappa shape index (κ1) is 15.4. The lowest BCUT2D eigenvalue weighted by molar-refractivity contribution is 0.341. The number of nitrogens with two attached hydrogens (primary N) is 1. The van der Waals surface area contributed by atoms with Gasteiger partial charge in [0.05, 0.1) is 6.61 Å². The number of fused-ring (bicyclic) bond motifs is 1. The van der Waals surface area contributed by atoms with E-state index in [1.54, 1.807) is 0 Å². The molecule has 1 unspecified atom stereocenters. The van der Waals surface area contributed by atoms with Gasteiger partial charge in [-0.25, -0.2) is 0 Å². The molecule has 0 saturated carbocycles. The normalized spacial score (nSPS) is 16.7. The molecule has 22 heavy (non-hydrogen) atoms. The van der Waals surface area contributed by atoms with E-state index in [0.29, 0.717) is 12.5 Å². The average Bonchev–Trinajstić information content (AvgIpc) is 2.96. The number of hydrogen-bond acceptors (Lipinski definition) is 2. The molecule has 0 aromatic heterocycles. The fourth-order valence-corrected chi connectivity index (χ4v) is 3.86. The van der Waals surface area contributed by atoms with Gasteiger partial charge in [-0.3, -0.25) is 0 Å². The van der Waals surface area contributed by atoms with Crippen LogP contribution in [0.4, 0.5) is 5.69 Å². The summed E-state index contributed by atoms with van der Waals surface area (Å²) < 4.78 is 6.99. The maximum atomic E-state index is 6.26. The van der Waals surface area contributed by atoms with Crippen molar-refractivity contribution in [2.45, 2.75) is 39.5 Å². The lowest BCUT2D eigenvalue weighted by atomic mass is 9.89. The number of ether oxygens (including phenoxy) is 1. The maximum Gasteiger partial charge on any atom is 0.127 e. The molecule has 1 atom stereocenters. The molecule has 3 rings (SSSR count). The van der Waals surface area contributed by atoms with Crippen molar-refractivity contribution in [2.75, 3.05) is 12.3 Å². The Hall–Kier alpha value is -1.48. The van der Waals surface area contributed by atoms with E-state index in [9.17, 15) is 0 Å². The highest BCUT2D eigenvalue weighted by Gasteiger charge is 2.31. The SMILES string of the molecule is Cc1c(C)c2c(c(Br)c1N)C(c1ccc(C(C)C)cc1)CO2. The first-order valence-electron chi connectivity index (χ1n) is 7.72. The first-order chi connectivity index (χ1) is 10.4. The highest BCUT2D eigenvalue weighted by Crippen LogP contribution is 2.48. The van der Waals surface area contributed by atoms with Gasteiger partial charge in [0.15, 0.2) is 0 Å². The van der Waals surface area contributed by atoms with Crippen LogP contribution in [0.15, 0.2) is 28.7 Å². The van der Waals surface area contributed by atoms with Gasteiger partial charge >= 0.3 is 0 Å². The summed E-state index contributed by atoms with van der Waals surface area (Å²) in [5.74, 6) is 1.79. The molecular weight excluding hydrogens is 338 g/mol. The summed E-state index contributed by atoms with van der Waals surface area (Å²) in [4.78, 5) is 0. The Bertz CT molecular complexity index is 719. The van der Waals surface area contributed by atoms with Crippen molar-refractivity contribution in [1.29, 1.82) is 0 Å². The summed E-state index contributed by atoms with van der Waals surface area (Å²) >= 11 is 3.69. The van der Waals surface area contributed by atoms with Crippen LogP contribution in [-0.4, -0.2) is 6.61 Å². The monoisotopic (exact) mass is 359 g/mol. The molecule has 0 amide bonds. The molecule has 2 N–H and O–H groups in total. The van der Waals surface area contributed by atoms with E-state index >= 15 is 0 Å². The van der Waals surface area contributed by atoms with Crippen molar-refractivity contribution in [1.82, 2.24) is 0 Å². The van der Waals surface area contributed by atoms with Gasteiger partial charge in [-0.15, -0.1) is 0 Å². The van der Waals surface area contributed by atoms with Crippen molar-refractivity contribution < 1.29 is 4.74 Å². The molecule has 1 aliphatic rings. The first-order valence-corrected chi connectivity index (χ1v) is 8.51. The van der Waals surface area contributed by atoms with Crippen LogP contribution in [-0.2, 0) is 0 Å². The van der Waals surface area contributed by atoms with Gasteiger partial charge < -0.3 is 10.5 Å². The Kier molecular flexibility index (Phi) is 3.94. The minimum absolute atomic E-state index is 0.243. The highest BCUT2D eigenvalue weighted by molar-refractivity contribution is 9.10. The summed E-state index contributed by atoms with van der Waals surface area (Å²) in [5, 5.41) is 0. The van der Waals surface area contributed by atoms with E-state index in [0.717, 1.165) is 27.0 Å². The van der Waals surface area contributed by atoms with Crippen molar-refractivity contribution in [2.24, 2.45) is 0 Å². The third kappa shape index (κ3) is 2.32. The third-order valence-electron chi connectivity index (χ3n) is 4.77. The molecule has 0 radical (unpaired) electrons. The zero-order valence-electron chi connectivity index (χ0n) is 13.5. The van der Waals surface area contributed by atoms with Gasteiger partial charge in [0.25, 0.3) is 0 Å². The largest absolute Gasteiger partial charge is 0.492 e. The Balaban J connectivity index is 2.08. The molecule has 0 bridgehead atoms. The number of rotatable bonds is 2. The minimum Gasteiger partial charge on any atom is -0.492 e. The summed E-state index contributed by atoms with van der Waals surface area (Å²) in [6.45, 7) is 9.24. The van der Waals surface area contributed by atoms with Crippen molar-refractivity contribution >= 4 is 21.6 Å². The third-order valence-corrected chi connectivity index (χ3v) is 5.63. The van der Waals surface area contributed by atoms with E-state index in [-0.39, 0.29) is 5.92 Å². The van der Waals surface area contributed by atoms with E-state index in [4.69, 9.17) is 10.5 Å². The van der Waals surface area contributed by atoms with E-state index in [2.05, 4.69) is 61.0 Å². The number of halogens is 1. The van der Waals surface area contributed by atoms with Crippen molar-refractivity contribution in [3.8, 4) is 5.75 Å². The molecule has 1 heterocycles. The van der Waals surface area contributed by atoms with Crippen LogP contribution in [0.1, 0.15) is 53.5 Å². The van der Waals surface area contributed by atoms with Crippen LogP contribution < -0.4 is 10.5 Å². The van der Waals surface area contributed by atoms with E-state index in [1.807, 2.05) is 6.92 Å². The molecule has 116 valence electrons. The Morgan fingerprint density at radius 3 is 2.36 bits per heavy atom. The highest BCUT2D eigenvalue weighted by atomic mass is 79.9. The van der Waals surface area contributed by atoms with Crippen LogP contribution in [0.5, 0.6) is 5.75 Å². The van der Waals surface area contributed by atoms with Crippen LogP contribution >= 0.6 is 15.9 Å². The predicted molar refractivity (Wildman–Crippen MR) is 95.9 cm³/mol. The Labute approximate surface area is 140 Å². The van der Waals surface area contributed by atoms with Gasteiger partial charge in [0.2, 0.25) is 0 Å². The Morgan fingerprint density at radius 1 is 1.14 bits per heavy atom. The van der Waals surface area contributed by atoms with Gasteiger partial charge in [-0.1, -0.05) is 38.1 Å². The number of hydrogen-bond donors (Lipinski definition) is 1. The average molecular weight is 360 g/mol. The molecule has 2 nitrogen and oxygen atoms in total. The van der Waals surface area contributed by atoms with Crippen LogP contribution in [0, 0.1) is 13.8 Å². The lowest BCUT2D eigenvalue weighted by Crippen LogP contribution is -2.04. The maximum absolute atomic E-state index is 6.26. The fraction of sp³-hybridized carbons (Fsp3) is 0.368. The van der Waals surface area contributed by atoms with Crippen LogP contribution in [0.2, 0.25) is 0 Å². The molecule has 3 heteroatoms. The second-order valence-corrected chi connectivity index (χ2v) is 7.20. The zero-order chi connectivity index (χ0) is 16.0. The summed E-state index contributed by atoms with van der Waals surface area (Å²) in [7, 11) is 0. The minimum atomic E-state index is 0.243. The number of anilines is 1. The Morgan fingerprint density at radius 2 is 1.77 bits per heavy atom. The zero-order valence-corrected chi connectivity index (χ0v) is 15.1. The molecule has 1 aliphatic heterocycles. The summed E-state index contributed by atoms with van der Waals surface area (Å²) in [6.07, 6.45) is 0. The molecule has 0 saturated heterocycles. The predicted octanol–water partition coefficient (Wildman–Crippen LogP) is 5.30. The van der Waals surface area contributed by atoms with E-state index in [1.165, 1.54) is 16.7 Å². The smallest absolute Gasteiger partial charge is 0.127 e. The quantitative estimate of drug-likeness (QED) is 0.738. The second kappa shape index (κ2) is 5.62. The molecular formula is C19H22BrNO. The topological polar surface area (TPSA) is 35.2 Å². The van der Waals surface area contributed by atoms with Crippen LogP contribution in [0.3, 0.4) is 0 Å². The van der Waals surface area contributed by atoms with E-state index < -0.39 is 0 Å². The summed E-state index contributed by atoms with van der Waals surface area (Å²) in [6, 6.07) is 8.87. The second-order valence-electron chi connectivity index (χ2n) is 6.41. The van der Waals surface area contributed by atoms with Gasteiger partial charge in [0.1, 0.15) is 5.75 Å². The summed E-state index contributed by atoms with van der Waals surface area (Å²) in [5.41, 5.74) is 13.2. The number of nitrogen functional groups attached to an aromatic ring is 1. The molecule has 0 spiro atoms.